The molecule has 0 bridgehead atoms. The molecular formula is C21H29N5O2S. The molecule has 29 heavy (non-hydrogen) atoms. The molecular weight excluding hydrogens is 386 g/mol. The van der Waals surface area contributed by atoms with Crippen molar-refractivity contribution in [1.29, 1.82) is 0 Å². The Balaban J connectivity index is 1.84. The fourth-order valence-electron chi connectivity index (χ4n) is 2.93. The van der Waals surface area contributed by atoms with E-state index in [-0.39, 0.29) is 6.03 Å². The predicted molar refractivity (Wildman–Crippen MR) is 120 cm³/mol. The molecule has 3 rings (SSSR count). The van der Waals surface area contributed by atoms with Crippen LogP contribution in [0.1, 0.15) is 26.5 Å². The maximum absolute atomic E-state index is 11.7. The van der Waals surface area contributed by atoms with Crippen molar-refractivity contribution >= 4 is 29.3 Å². The van der Waals surface area contributed by atoms with E-state index >= 15 is 0 Å². The van der Waals surface area contributed by atoms with E-state index in [4.69, 9.17) is 14.7 Å². The number of carbonyl (C=O) groups is 1. The van der Waals surface area contributed by atoms with Gasteiger partial charge in [-0.05, 0) is 36.4 Å². The molecule has 1 aliphatic rings. The van der Waals surface area contributed by atoms with Crippen LogP contribution in [0.4, 0.5) is 16.3 Å². The highest BCUT2D eigenvalue weighted by Gasteiger charge is 2.16. The van der Waals surface area contributed by atoms with Crippen LogP contribution in [-0.2, 0) is 10.5 Å². The van der Waals surface area contributed by atoms with Crippen molar-refractivity contribution in [2.45, 2.75) is 31.8 Å². The molecule has 2 N–H and O–H groups in total. The summed E-state index contributed by atoms with van der Waals surface area (Å²) in [5, 5.41) is 6.08. The van der Waals surface area contributed by atoms with E-state index in [1.165, 1.54) is 0 Å². The molecule has 1 aromatic carbocycles. The molecule has 1 aliphatic heterocycles. The van der Waals surface area contributed by atoms with Gasteiger partial charge in [0.25, 0.3) is 0 Å². The summed E-state index contributed by atoms with van der Waals surface area (Å²) in [4.78, 5) is 23.6. The lowest BCUT2D eigenvalue weighted by atomic mass is 10.2. The van der Waals surface area contributed by atoms with Gasteiger partial charge in [0.1, 0.15) is 5.82 Å². The summed E-state index contributed by atoms with van der Waals surface area (Å²) in [6.45, 7) is 9.96. The molecule has 1 fully saturated rings. The second kappa shape index (κ2) is 10.5. The molecule has 0 unspecified atom stereocenters. The summed E-state index contributed by atoms with van der Waals surface area (Å²) < 4.78 is 5.48. The molecule has 1 saturated heterocycles. The molecule has 0 saturated carbocycles. The quantitative estimate of drug-likeness (QED) is 0.717. The van der Waals surface area contributed by atoms with E-state index in [0.717, 1.165) is 54.8 Å². The van der Waals surface area contributed by atoms with Crippen LogP contribution in [0.2, 0.25) is 0 Å². The average Bonchev–Trinajstić information content (AvgIpc) is 2.73. The third kappa shape index (κ3) is 6.33. The third-order valence-corrected chi connectivity index (χ3v) is 5.53. The van der Waals surface area contributed by atoms with Crippen LogP contribution >= 0.6 is 11.8 Å². The number of anilines is 2. The minimum absolute atomic E-state index is 0.209. The standard InChI is InChI=1S/C21H29N5O2S/c1-4-22-21(27)24-17-7-5-16(6-8-17)20-23-18(14-29-15(2)3)13-19(25-20)26-9-11-28-12-10-26/h5-8,13,15H,4,9-12,14H2,1-3H3,(H2,22,24,27). The number of benzene rings is 1. The van der Waals surface area contributed by atoms with E-state index in [1.54, 1.807) is 0 Å². The summed E-state index contributed by atoms with van der Waals surface area (Å²) >= 11 is 1.87. The first-order chi connectivity index (χ1) is 14.0. The Hall–Kier alpha value is -2.32. The number of amides is 2. The molecule has 2 heterocycles. The SMILES string of the molecule is CCNC(=O)Nc1ccc(-c2nc(CSC(C)C)cc(N3CCOCC3)n2)cc1. The number of aromatic nitrogens is 2. The third-order valence-electron chi connectivity index (χ3n) is 4.40. The second-order valence-electron chi connectivity index (χ2n) is 7.06. The second-order valence-corrected chi connectivity index (χ2v) is 8.63. The number of urea groups is 1. The summed E-state index contributed by atoms with van der Waals surface area (Å²) in [5.74, 6) is 2.50. The van der Waals surface area contributed by atoms with Crippen LogP contribution in [0.5, 0.6) is 0 Å². The Morgan fingerprint density at radius 2 is 1.93 bits per heavy atom. The minimum atomic E-state index is -0.209. The Morgan fingerprint density at radius 1 is 1.21 bits per heavy atom. The number of hydrogen-bond acceptors (Lipinski definition) is 6. The molecule has 0 radical (unpaired) electrons. The fraction of sp³-hybridized carbons (Fsp3) is 0.476. The smallest absolute Gasteiger partial charge is 0.319 e. The first-order valence-corrected chi connectivity index (χ1v) is 11.1. The highest BCUT2D eigenvalue weighted by molar-refractivity contribution is 7.99. The summed E-state index contributed by atoms with van der Waals surface area (Å²) in [6.07, 6.45) is 0. The number of nitrogens with zero attached hydrogens (tertiary/aromatic N) is 3. The van der Waals surface area contributed by atoms with E-state index in [2.05, 4.69) is 35.4 Å². The molecule has 0 spiro atoms. The number of ether oxygens (including phenoxy) is 1. The lowest BCUT2D eigenvalue weighted by Crippen LogP contribution is -2.37. The first kappa shape index (κ1) is 21.4. The average molecular weight is 416 g/mol. The number of rotatable bonds is 7. The number of carbonyl (C=O) groups excluding carboxylic acids is 1. The number of morpholine rings is 1. The van der Waals surface area contributed by atoms with E-state index in [1.807, 2.05) is 43.0 Å². The van der Waals surface area contributed by atoms with Crippen LogP contribution in [0.15, 0.2) is 30.3 Å². The maximum atomic E-state index is 11.7. The van der Waals surface area contributed by atoms with Gasteiger partial charge in [-0.1, -0.05) is 13.8 Å². The van der Waals surface area contributed by atoms with Gasteiger partial charge < -0.3 is 20.3 Å². The van der Waals surface area contributed by atoms with Crippen LogP contribution in [0.25, 0.3) is 11.4 Å². The summed E-state index contributed by atoms with van der Waals surface area (Å²) in [7, 11) is 0. The van der Waals surface area contributed by atoms with Crippen LogP contribution < -0.4 is 15.5 Å². The van der Waals surface area contributed by atoms with Crippen molar-refractivity contribution in [2.24, 2.45) is 0 Å². The van der Waals surface area contributed by atoms with Gasteiger partial charge >= 0.3 is 6.03 Å². The van der Waals surface area contributed by atoms with Crippen molar-refractivity contribution in [1.82, 2.24) is 15.3 Å². The van der Waals surface area contributed by atoms with Crippen molar-refractivity contribution in [3.63, 3.8) is 0 Å². The molecule has 0 atom stereocenters. The van der Waals surface area contributed by atoms with Crippen molar-refractivity contribution in [3.05, 3.63) is 36.0 Å². The molecule has 156 valence electrons. The number of nitrogens with one attached hydrogen (secondary N) is 2. The highest BCUT2D eigenvalue weighted by Crippen LogP contribution is 2.25. The van der Waals surface area contributed by atoms with Crippen molar-refractivity contribution in [2.75, 3.05) is 43.1 Å². The molecule has 2 aromatic rings. The van der Waals surface area contributed by atoms with Crippen molar-refractivity contribution in [3.8, 4) is 11.4 Å². The molecule has 8 heteroatoms. The highest BCUT2D eigenvalue weighted by atomic mass is 32.2. The van der Waals surface area contributed by atoms with Gasteiger partial charge in [0.15, 0.2) is 5.82 Å². The Labute approximate surface area is 176 Å². The Bertz CT molecular complexity index is 807. The van der Waals surface area contributed by atoms with E-state index in [9.17, 15) is 4.79 Å². The van der Waals surface area contributed by atoms with Gasteiger partial charge in [-0.3, -0.25) is 0 Å². The van der Waals surface area contributed by atoms with Crippen LogP contribution in [0, 0.1) is 0 Å². The number of thioether (sulfide) groups is 1. The van der Waals surface area contributed by atoms with Crippen LogP contribution in [0.3, 0.4) is 0 Å². The molecule has 7 nitrogen and oxygen atoms in total. The van der Waals surface area contributed by atoms with Gasteiger partial charge in [-0.15, -0.1) is 0 Å². The minimum Gasteiger partial charge on any atom is -0.378 e. The van der Waals surface area contributed by atoms with Gasteiger partial charge in [0.05, 0.1) is 18.9 Å². The lowest BCUT2D eigenvalue weighted by molar-refractivity contribution is 0.122. The molecule has 1 aromatic heterocycles. The first-order valence-electron chi connectivity index (χ1n) is 10.0. The summed E-state index contributed by atoms with van der Waals surface area (Å²) in [6, 6.07) is 9.52. The maximum Gasteiger partial charge on any atom is 0.319 e. The lowest BCUT2D eigenvalue weighted by Gasteiger charge is -2.28. The topological polar surface area (TPSA) is 79.4 Å². The van der Waals surface area contributed by atoms with Gasteiger partial charge in [0, 0.05) is 42.7 Å². The summed E-state index contributed by atoms with van der Waals surface area (Å²) in [5.41, 5.74) is 2.69. The van der Waals surface area contributed by atoms with Gasteiger partial charge in [0.2, 0.25) is 0 Å². The largest absolute Gasteiger partial charge is 0.378 e. The monoisotopic (exact) mass is 415 g/mol. The Kier molecular flexibility index (Phi) is 7.71. The molecule has 2 amide bonds. The normalized spacial score (nSPS) is 14.1. The molecule has 0 aliphatic carbocycles. The van der Waals surface area contributed by atoms with Crippen molar-refractivity contribution < 1.29 is 9.53 Å². The van der Waals surface area contributed by atoms with E-state index in [0.29, 0.717) is 17.6 Å². The van der Waals surface area contributed by atoms with Crippen LogP contribution in [-0.4, -0.2) is 54.1 Å². The van der Waals surface area contributed by atoms with Gasteiger partial charge in [-0.25, -0.2) is 14.8 Å². The van der Waals surface area contributed by atoms with E-state index < -0.39 is 0 Å². The zero-order valence-electron chi connectivity index (χ0n) is 17.3. The zero-order chi connectivity index (χ0) is 20.6. The van der Waals surface area contributed by atoms with Gasteiger partial charge in [-0.2, -0.15) is 11.8 Å². The fourth-order valence-corrected chi connectivity index (χ4v) is 3.58. The zero-order valence-corrected chi connectivity index (χ0v) is 18.1. The number of hydrogen-bond donors (Lipinski definition) is 2. The Morgan fingerprint density at radius 3 is 2.59 bits per heavy atom. The predicted octanol–water partition coefficient (Wildman–Crippen LogP) is 3.76.